The van der Waals surface area contributed by atoms with Crippen LogP contribution in [0.5, 0.6) is 0 Å². The molecule has 3 rings (SSSR count). The minimum Gasteiger partial charge on any atom is -0.379 e. The van der Waals surface area contributed by atoms with Gasteiger partial charge in [0.15, 0.2) is 5.60 Å². The zero-order valence-electron chi connectivity index (χ0n) is 15.9. The Labute approximate surface area is 155 Å². The van der Waals surface area contributed by atoms with Crippen LogP contribution in [0, 0.1) is 6.92 Å². The van der Waals surface area contributed by atoms with Gasteiger partial charge in [-0.3, -0.25) is 14.4 Å². The lowest BCUT2D eigenvalue weighted by molar-refractivity contribution is -0.160. The maximum Gasteiger partial charge on any atom is 0.256 e. The van der Waals surface area contributed by atoms with Gasteiger partial charge in [0.1, 0.15) is 0 Å². The third kappa shape index (κ3) is 4.31. The molecule has 140 valence electrons. The Morgan fingerprint density at radius 3 is 2.85 bits per heavy atom. The fourth-order valence-corrected chi connectivity index (χ4v) is 3.76. The van der Waals surface area contributed by atoms with Crippen LogP contribution in [0.1, 0.15) is 29.5 Å². The van der Waals surface area contributed by atoms with E-state index in [1.165, 1.54) is 5.56 Å². The summed E-state index contributed by atoms with van der Waals surface area (Å²) in [7, 11) is 3.81. The number of carbonyl (C=O) groups excluding carboxylic acids is 1. The van der Waals surface area contributed by atoms with E-state index in [0.717, 1.165) is 17.5 Å². The van der Waals surface area contributed by atoms with Crippen molar-refractivity contribution in [3.8, 4) is 0 Å². The molecule has 1 aromatic heterocycles. The molecule has 1 saturated heterocycles. The molecule has 2 heterocycles. The Balaban J connectivity index is 1.65. The number of nitrogens with zero attached hydrogens (tertiary/aromatic N) is 4. The summed E-state index contributed by atoms with van der Waals surface area (Å²) in [6.07, 6.45) is 5.09. The molecule has 1 atom stereocenters. The van der Waals surface area contributed by atoms with Gasteiger partial charge < -0.3 is 10.0 Å². The van der Waals surface area contributed by atoms with Gasteiger partial charge in [0.25, 0.3) is 5.91 Å². The highest BCUT2D eigenvalue weighted by molar-refractivity contribution is 5.86. The smallest absolute Gasteiger partial charge is 0.256 e. The highest BCUT2D eigenvalue weighted by Crippen LogP contribution is 2.25. The van der Waals surface area contributed by atoms with Gasteiger partial charge in [0.2, 0.25) is 0 Å². The van der Waals surface area contributed by atoms with E-state index in [1.54, 1.807) is 9.58 Å². The predicted octanol–water partition coefficient (Wildman–Crippen LogP) is 1.71. The van der Waals surface area contributed by atoms with Crippen molar-refractivity contribution in [1.82, 2.24) is 19.6 Å². The molecule has 1 amide bonds. The van der Waals surface area contributed by atoms with E-state index in [-0.39, 0.29) is 5.91 Å². The topological polar surface area (TPSA) is 61.6 Å². The Bertz CT molecular complexity index is 773. The first-order valence-corrected chi connectivity index (χ1v) is 9.09. The van der Waals surface area contributed by atoms with Crippen LogP contribution in [-0.4, -0.2) is 56.3 Å². The zero-order chi connectivity index (χ0) is 18.7. The van der Waals surface area contributed by atoms with Crippen molar-refractivity contribution in [1.29, 1.82) is 0 Å². The van der Waals surface area contributed by atoms with Crippen LogP contribution in [0.2, 0.25) is 0 Å². The van der Waals surface area contributed by atoms with E-state index in [2.05, 4.69) is 11.2 Å². The van der Waals surface area contributed by atoms with Crippen molar-refractivity contribution >= 4 is 5.91 Å². The minimum atomic E-state index is -1.32. The number of benzene rings is 1. The average Bonchev–Trinajstić information content (AvgIpc) is 2.97. The van der Waals surface area contributed by atoms with Gasteiger partial charge in [-0.05, 0) is 32.4 Å². The van der Waals surface area contributed by atoms with Gasteiger partial charge in [0, 0.05) is 45.0 Å². The average molecular weight is 356 g/mol. The van der Waals surface area contributed by atoms with Crippen LogP contribution in [0.25, 0.3) is 0 Å². The number of likely N-dealkylation sites (tertiary alicyclic amines) is 1. The first-order chi connectivity index (χ1) is 12.4. The van der Waals surface area contributed by atoms with Crippen molar-refractivity contribution in [2.24, 2.45) is 7.05 Å². The van der Waals surface area contributed by atoms with Gasteiger partial charge in [-0.1, -0.05) is 29.8 Å². The summed E-state index contributed by atoms with van der Waals surface area (Å²) >= 11 is 0. The highest BCUT2D eigenvalue weighted by Gasteiger charge is 2.42. The fourth-order valence-electron chi connectivity index (χ4n) is 3.76. The number of hydrogen-bond acceptors (Lipinski definition) is 4. The molecule has 0 aliphatic carbocycles. The number of hydrogen-bond donors (Lipinski definition) is 1. The predicted molar refractivity (Wildman–Crippen MR) is 100 cm³/mol. The van der Waals surface area contributed by atoms with Crippen molar-refractivity contribution < 1.29 is 9.90 Å². The summed E-state index contributed by atoms with van der Waals surface area (Å²) < 4.78 is 1.76. The number of aryl methyl sites for hydroxylation is 2. The van der Waals surface area contributed by atoms with Gasteiger partial charge in [-0.2, -0.15) is 5.10 Å². The van der Waals surface area contributed by atoms with E-state index < -0.39 is 5.60 Å². The summed E-state index contributed by atoms with van der Waals surface area (Å²) in [6.45, 7) is 4.27. The molecular formula is C20H28N4O2. The molecule has 1 N–H and O–H groups in total. The van der Waals surface area contributed by atoms with Crippen molar-refractivity contribution in [3.05, 3.63) is 53.3 Å². The molecule has 6 heteroatoms. The summed E-state index contributed by atoms with van der Waals surface area (Å²) in [5.74, 6) is -0.164. The second-order valence-electron chi connectivity index (χ2n) is 7.55. The maximum absolute atomic E-state index is 13.0. The number of aromatic nitrogens is 2. The van der Waals surface area contributed by atoms with E-state index in [1.807, 2.05) is 56.5 Å². The maximum atomic E-state index is 13.0. The zero-order valence-corrected chi connectivity index (χ0v) is 15.9. The number of likely N-dealkylation sites (N-methyl/N-ethyl adjacent to an activating group) is 1. The van der Waals surface area contributed by atoms with Gasteiger partial charge >= 0.3 is 0 Å². The van der Waals surface area contributed by atoms with Crippen LogP contribution in [0.15, 0.2) is 36.7 Å². The molecule has 0 bridgehead atoms. The molecule has 1 aromatic carbocycles. The number of aliphatic hydroxyl groups is 1. The lowest BCUT2D eigenvalue weighted by atomic mass is 9.90. The lowest BCUT2D eigenvalue weighted by Crippen LogP contribution is -2.57. The molecule has 1 fully saturated rings. The lowest BCUT2D eigenvalue weighted by Gasteiger charge is -2.40. The number of piperidine rings is 1. The number of amides is 1. The van der Waals surface area contributed by atoms with E-state index >= 15 is 0 Å². The van der Waals surface area contributed by atoms with Crippen LogP contribution < -0.4 is 0 Å². The Hall–Kier alpha value is -2.18. The van der Waals surface area contributed by atoms with Crippen LogP contribution in [0.4, 0.5) is 0 Å². The molecule has 1 aliphatic rings. The van der Waals surface area contributed by atoms with Gasteiger partial charge in [-0.25, -0.2) is 0 Å². The van der Waals surface area contributed by atoms with Crippen molar-refractivity contribution in [2.75, 3.05) is 20.1 Å². The van der Waals surface area contributed by atoms with Crippen molar-refractivity contribution in [2.45, 2.75) is 38.5 Å². The first-order valence-electron chi connectivity index (χ1n) is 9.09. The van der Waals surface area contributed by atoms with E-state index in [4.69, 9.17) is 0 Å². The normalized spacial score (nSPS) is 20.8. The molecule has 6 nitrogen and oxygen atoms in total. The highest BCUT2D eigenvalue weighted by atomic mass is 16.3. The molecule has 26 heavy (non-hydrogen) atoms. The van der Waals surface area contributed by atoms with E-state index in [0.29, 0.717) is 32.6 Å². The standard InChI is InChI=1S/C20H28N4O2/c1-16-6-4-7-17(10-16)14-24-9-5-8-20(26,19(24)25)15-22(2)12-18-11-21-23(3)13-18/h4,6-7,10-11,13,26H,5,8-9,12,14-15H2,1-3H3/t20-/m0/s1. The van der Waals surface area contributed by atoms with Crippen molar-refractivity contribution in [3.63, 3.8) is 0 Å². The summed E-state index contributed by atoms with van der Waals surface area (Å²) in [4.78, 5) is 16.7. The molecular weight excluding hydrogens is 328 g/mol. The Morgan fingerprint density at radius 2 is 2.15 bits per heavy atom. The molecule has 1 aliphatic heterocycles. The second-order valence-corrected chi connectivity index (χ2v) is 7.55. The molecule has 0 spiro atoms. The van der Waals surface area contributed by atoms with Gasteiger partial charge in [-0.15, -0.1) is 0 Å². The quantitative estimate of drug-likeness (QED) is 0.856. The Morgan fingerprint density at radius 1 is 1.35 bits per heavy atom. The van der Waals surface area contributed by atoms with Gasteiger partial charge in [0.05, 0.1) is 6.20 Å². The monoisotopic (exact) mass is 356 g/mol. The third-order valence-corrected chi connectivity index (χ3v) is 4.90. The molecule has 0 unspecified atom stereocenters. The minimum absolute atomic E-state index is 0.164. The number of rotatable bonds is 6. The molecule has 2 aromatic rings. The summed E-state index contributed by atoms with van der Waals surface area (Å²) in [5, 5.41) is 15.2. The van der Waals surface area contributed by atoms with Crippen LogP contribution in [-0.2, 0) is 24.9 Å². The molecule has 0 radical (unpaired) electrons. The second kappa shape index (κ2) is 7.60. The first kappa shape index (κ1) is 18.6. The largest absolute Gasteiger partial charge is 0.379 e. The molecule has 0 saturated carbocycles. The Kier molecular flexibility index (Phi) is 5.44. The SMILES string of the molecule is Cc1cccc(CN2CCC[C@](O)(CN(C)Cc3cnn(C)c3)C2=O)c1. The van der Waals surface area contributed by atoms with E-state index in [9.17, 15) is 9.90 Å². The summed E-state index contributed by atoms with van der Waals surface area (Å²) in [5.41, 5.74) is 2.03. The fraction of sp³-hybridized carbons (Fsp3) is 0.500. The van der Waals surface area contributed by atoms with Crippen LogP contribution in [0.3, 0.4) is 0 Å². The summed E-state index contributed by atoms with van der Waals surface area (Å²) in [6, 6.07) is 8.18. The number of carbonyl (C=O) groups is 1. The van der Waals surface area contributed by atoms with Crippen LogP contribution >= 0.6 is 0 Å². The third-order valence-electron chi connectivity index (χ3n) is 4.90.